The molecule has 122 valence electrons. The molecule has 0 bridgehead atoms. The average molecular weight is 335 g/mol. The van der Waals surface area contributed by atoms with Crippen LogP contribution in [0.5, 0.6) is 5.75 Å². The summed E-state index contributed by atoms with van der Waals surface area (Å²) >= 11 is 5.82. The summed E-state index contributed by atoms with van der Waals surface area (Å²) in [6, 6.07) is 4.42. The van der Waals surface area contributed by atoms with E-state index in [1.165, 1.54) is 18.2 Å². The molecule has 1 aromatic rings. The van der Waals surface area contributed by atoms with E-state index in [1.54, 1.807) is 0 Å². The number of rotatable bonds is 8. The minimum atomic E-state index is -2.96. The normalized spacial score (nSPS) is 14.5. The third kappa shape index (κ3) is 5.08. The Bertz CT molecular complexity index is 527. The zero-order valence-electron chi connectivity index (χ0n) is 11.8. The van der Waals surface area contributed by atoms with Crippen molar-refractivity contribution < 1.29 is 23.4 Å². The second kappa shape index (κ2) is 7.71. The fourth-order valence-corrected chi connectivity index (χ4v) is 2.34. The summed E-state index contributed by atoms with van der Waals surface area (Å²) in [5, 5.41) is 11.6. The number of hydrogen-bond donors (Lipinski definition) is 2. The van der Waals surface area contributed by atoms with E-state index in [0.29, 0.717) is 18.3 Å². The van der Waals surface area contributed by atoms with E-state index in [-0.39, 0.29) is 29.8 Å². The lowest BCUT2D eigenvalue weighted by Crippen LogP contribution is -2.36. The molecule has 0 aromatic heterocycles. The number of alkyl halides is 2. The highest BCUT2D eigenvalue weighted by Gasteiger charge is 2.29. The molecule has 0 heterocycles. The Balaban J connectivity index is 1.92. The first kappa shape index (κ1) is 16.9. The van der Waals surface area contributed by atoms with Crippen LogP contribution in [0.25, 0.3) is 0 Å². The Hall–Kier alpha value is -1.44. The summed E-state index contributed by atoms with van der Waals surface area (Å²) in [7, 11) is 0. The summed E-state index contributed by atoms with van der Waals surface area (Å²) in [5.74, 6) is -0.395. The van der Waals surface area contributed by atoms with Crippen molar-refractivity contribution in [3.8, 4) is 5.75 Å². The lowest BCUT2D eigenvalue weighted by molar-refractivity contribution is -0.117. The monoisotopic (exact) mass is 334 g/mol. The van der Waals surface area contributed by atoms with Crippen molar-refractivity contribution in [1.82, 2.24) is 4.90 Å². The molecule has 0 radical (unpaired) electrons. The smallest absolute Gasteiger partial charge is 0.387 e. The summed E-state index contributed by atoms with van der Waals surface area (Å²) in [4.78, 5) is 13.9. The predicted octanol–water partition coefficient (Wildman–Crippen LogP) is 2.34. The summed E-state index contributed by atoms with van der Waals surface area (Å²) in [6.07, 6.45) is 2.05. The van der Waals surface area contributed by atoms with Gasteiger partial charge in [-0.1, -0.05) is 11.6 Å². The van der Waals surface area contributed by atoms with Crippen LogP contribution in [0, 0.1) is 0 Å². The number of nitrogens with one attached hydrogen (secondary N) is 1. The molecule has 0 atom stereocenters. The number of carbonyl (C=O) groups excluding carboxylic acids is 1. The van der Waals surface area contributed by atoms with Crippen LogP contribution >= 0.6 is 11.6 Å². The van der Waals surface area contributed by atoms with E-state index < -0.39 is 6.61 Å². The fraction of sp³-hybridized carbons (Fsp3) is 0.500. The number of ether oxygens (including phenoxy) is 1. The van der Waals surface area contributed by atoms with Crippen molar-refractivity contribution in [3.63, 3.8) is 0 Å². The topological polar surface area (TPSA) is 61.8 Å². The van der Waals surface area contributed by atoms with Crippen LogP contribution in [0.4, 0.5) is 14.5 Å². The standard InChI is InChI=1S/C14H17ClF2N2O3/c15-11-7-9(1-4-12(11)22-14(16)17)18-13(21)8-19(5-6-20)10-2-3-10/h1,4,7,10,14,20H,2-3,5-6,8H2,(H,18,21). The van der Waals surface area contributed by atoms with Gasteiger partial charge in [-0.15, -0.1) is 0 Å². The van der Waals surface area contributed by atoms with Gasteiger partial charge < -0.3 is 15.2 Å². The van der Waals surface area contributed by atoms with Gasteiger partial charge in [0.1, 0.15) is 5.75 Å². The number of hydrogen-bond acceptors (Lipinski definition) is 4. The zero-order valence-corrected chi connectivity index (χ0v) is 12.5. The van der Waals surface area contributed by atoms with Crippen molar-refractivity contribution in [1.29, 1.82) is 0 Å². The first-order chi connectivity index (χ1) is 10.5. The first-order valence-electron chi connectivity index (χ1n) is 6.88. The Kier molecular flexibility index (Phi) is 5.93. The average Bonchev–Trinajstić information content (AvgIpc) is 3.25. The van der Waals surface area contributed by atoms with Crippen LogP contribution < -0.4 is 10.1 Å². The minimum absolute atomic E-state index is 0.00469. The SMILES string of the molecule is O=C(CN(CCO)C1CC1)Nc1ccc(OC(F)F)c(Cl)c1. The molecule has 0 spiro atoms. The molecule has 0 aliphatic heterocycles. The highest BCUT2D eigenvalue weighted by Crippen LogP contribution is 2.29. The van der Waals surface area contributed by atoms with Gasteiger partial charge in [-0.05, 0) is 31.0 Å². The minimum Gasteiger partial charge on any atom is -0.433 e. The molecule has 1 aromatic carbocycles. The largest absolute Gasteiger partial charge is 0.433 e. The number of anilines is 1. The Morgan fingerprint density at radius 3 is 2.77 bits per heavy atom. The highest BCUT2D eigenvalue weighted by atomic mass is 35.5. The van der Waals surface area contributed by atoms with E-state index >= 15 is 0 Å². The Labute approximate surface area is 131 Å². The van der Waals surface area contributed by atoms with Crippen molar-refractivity contribution >= 4 is 23.2 Å². The van der Waals surface area contributed by atoms with Gasteiger partial charge in [-0.25, -0.2) is 0 Å². The predicted molar refractivity (Wildman–Crippen MR) is 78.4 cm³/mol. The van der Waals surface area contributed by atoms with Gasteiger partial charge >= 0.3 is 6.61 Å². The number of aliphatic hydroxyl groups excluding tert-OH is 1. The van der Waals surface area contributed by atoms with E-state index in [2.05, 4.69) is 10.1 Å². The third-order valence-electron chi connectivity index (χ3n) is 3.23. The molecule has 8 heteroatoms. The number of nitrogens with zero attached hydrogens (tertiary/aromatic N) is 1. The van der Waals surface area contributed by atoms with Gasteiger partial charge in [-0.2, -0.15) is 8.78 Å². The van der Waals surface area contributed by atoms with Crippen LogP contribution in [0.1, 0.15) is 12.8 Å². The molecule has 0 unspecified atom stereocenters. The molecule has 5 nitrogen and oxygen atoms in total. The lowest BCUT2D eigenvalue weighted by Gasteiger charge is -2.20. The number of carbonyl (C=O) groups is 1. The lowest BCUT2D eigenvalue weighted by atomic mass is 10.3. The Morgan fingerprint density at radius 1 is 1.50 bits per heavy atom. The molecule has 2 rings (SSSR count). The molecule has 1 aliphatic carbocycles. The molecule has 1 amide bonds. The fourth-order valence-electron chi connectivity index (χ4n) is 2.11. The molecule has 2 N–H and O–H groups in total. The molecular weight excluding hydrogens is 318 g/mol. The summed E-state index contributed by atoms with van der Waals surface area (Å²) in [5.41, 5.74) is 0.399. The Morgan fingerprint density at radius 2 is 2.23 bits per heavy atom. The molecule has 0 saturated heterocycles. The first-order valence-corrected chi connectivity index (χ1v) is 7.26. The van der Waals surface area contributed by atoms with E-state index in [9.17, 15) is 13.6 Å². The van der Waals surface area contributed by atoms with E-state index in [0.717, 1.165) is 12.8 Å². The molecule has 1 aliphatic rings. The van der Waals surface area contributed by atoms with Gasteiger partial charge in [0, 0.05) is 18.3 Å². The summed E-state index contributed by atoms with van der Waals surface area (Å²) in [6.45, 7) is -2.35. The van der Waals surface area contributed by atoms with Crippen LogP contribution in [0.3, 0.4) is 0 Å². The maximum atomic E-state index is 12.1. The van der Waals surface area contributed by atoms with Crippen LogP contribution in [-0.4, -0.2) is 48.3 Å². The second-order valence-electron chi connectivity index (χ2n) is 5.00. The van der Waals surface area contributed by atoms with Crippen molar-refractivity contribution in [2.24, 2.45) is 0 Å². The molecular formula is C14H17ClF2N2O3. The third-order valence-corrected chi connectivity index (χ3v) is 3.52. The second-order valence-corrected chi connectivity index (χ2v) is 5.40. The molecule has 1 saturated carbocycles. The summed E-state index contributed by atoms with van der Waals surface area (Å²) < 4.78 is 28.5. The maximum absolute atomic E-state index is 12.1. The zero-order chi connectivity index (χ0) is 16.1. The number of amides is 1. The number of benzene rings is 1. The molecule has 22 heavy (non-hydrogen) atoms. The van der Waals surface area contributed by atoms with Crippen LogP contribution in [0.2, 0.25) is 5.02 Å². The number of halogens is 3. The van der Waals surface area contributed by atoms with Crippen LogP contribution in [-0.2, 0) is 4.79 Å². The van der Waals surface area contributed by atoms with Crippen molar-refractivity contribution in [2.45, 2.75) is 25.5 Å². The van der Waals surface area contributed by atoms with Crippen molar-refractivity contribution in [2.75, 3.05) is 25.0 Å². The van der Waals surface area contributed by atoms with Gasteiger partial charge in [0.15, 0.2) is 0 Å². The number of aliphatic hydroxyl groups is 1. The van der Waals surface area contributed by atoms with Gasteiger partial charge in [-0.3, -0.25) is 9.69 Å². The quantitative estimate of drug-likeness (QED) is 0.766. The van der Waals surface area contributed by atoms with Gasteiger partial charge in [0.25, 0.3) is 0 Å². The van der Waals surface area contributed by atoms with Gasteiger partial charge in [0.2, 0.25) is 5.91 Å². The van der Waals surface area contributed by atoms with E-state index in [4.69, 9.17) is 16.7 Å². The molecule has 1 fully saturated rings. The van der Waals surface area contributed by atoms with E-state index in [1.807, 2.05) is 4.90 Å². The van der Waals surface area contributed by atoms with Crippen molar-refractivity contribution in [3.05, 3.63) is 23.2 Å². The van der Waals surface area contributed by atoms with Gasteiger partial charge in [0.05, 0.1) is 18.2 Å². The maximum Gasteiger partial charge on any atom is 0.387 e. The van der Waals surface area contributed by atoms with Crippen LogP contribution in [0.15, 0.2) is 18.2 Å². The highest BCUT2D eigenvalue weighted by molar-refractivity contribution is 6.32.